The zero-order chi connectivity index (χ0) is 23.2. The summed E-state index contributed by atoms with van der Waals surface area (Å²) in [6.45, 7) is 4.40. The molecule has 1 saturated heterocycles. The predicted molar refractivity (Wildman–Crippen MR) is 128 cm³/mol. The maximum atomic E-state index is 13.2. The highest BCUT2D eigenvalue weighted by Crippen LogP contribution is 2.38. The van der Waals surface area contributed by atoms with E-state index in [4.69, 9.17) is 16.3 Å². The lowest BCUT2D eigenvalue weighted by atomic mass is 9.95. The van der Waals surface area contributed by atoms with Crippen LogP contribution in [0, 0.1) is 0 Å². The quantitative estimate of drug-likeness (QED) is 0.594. The number of halogens is 1. The largest absolute Gasteiger partial charge is 0.503 e. The third kappa shape index (κ3) is 5.53. The minimum atomic E-state index is -0.660. The molecule has 0 unspecified atom stereocenters. The molecule has 6 nitrogen and oxygen atoms in total. The minimum Gasteiger partial charge on any atom is -0.503 e. The molecule has 1 atom stereocenters. The monoisotopic (exact) mass is 466 g/mol. The number of morpholine rings is 1. The summed E-state index contributed by atoms with van der Waals surface area (Å²) in [7, 11) is 0. The van der Waals surface area contributed by atoms with Crippen molar-refractivity contribution >= 4 is 29.4 Å². The van der Waals surface area contributed by atoms with Crippen LogP contribution < -0.4 is 0 Å². The predicted octanol–water partition coefficient (Wildman–Crippen LogP) is 4.04. The number of carbonyl (C=O) groups excluding carboxylic acids is 2. The van der Waals surface area contributed by atoms with Gasteiger partial charge in [-0.3, -0.25) is 14.5 Å². The van der Waals surface area contributed by atoms with Gasteiger partial charge in [0.05, 0.1) is 24.8 Å². The van der Waals surface area contributed by atoms with Gasteiger partial charge in [-0.2, -0.15) is 0 Å². The molecule has 7 heteroatoms. The van der Waals surface area contributed by atoms with Gasteiger partial charge in [0.25, 0.3) is 5.91 Å². The molecule has 33 heavy (non-hydrogen) atoms. The lowest BCUT2D eigenvalue weighted by Crippen LogP contribution is -2.39. The Labute approximate surface area is 198 Å². The number of allylic oxidation sites excluding steroid dienone is 1. The maximum Gasteiger partial charge on any atom is 0.290 e. The molecule has 0 spiro atoms. The molecule has 2 aliphatic rings. The summed E-state index contributed by atoms with van der Waals surface area (Å²) in [6.07, 6.45) is 3.83. The van der Waals surface area contributed by atoms with E-state index in [2.05, 4.69) is 4.90 Å². The van der Waals surface area contributed by atoms with Gasteiger partial charge in [-0.1, -0.05) is 60.1 Å². The molecule has 4 rings (SSSR count). The summed E-state index contributed by atoms with van der Waals surface area (Å²) in [5.41, 5.74) is 1.70. The van der Waals surface area contributed by atoms with Crippen molar-refractivity contribution in [2.75, 3.05) is 39.4 Å². The minimum absolute atomic E-state index is 0.0980. The molecule has 1 N–H and O–H groups in total. The van der Waals surface area contributed by atoms with E-state index in [-0.39, 0.29) is 11.4 Å². The van der Waals surface area contributed by atoms with Gasteiger partial charge in [-0.15, -0.1) is 0 Å². The van der Waals surface area contributed by atoms with Crippen LogP contribution >= 0.6 is 11.6 Å². The first-order chi connectivity index (χ1) is 16.0. The summed E-state index contributed by atoms with van der Waals surface area (Å²) in [5, 5.41) is 11.3. The number of aliphatic hydroxyl groups is 1. The van der Waals surface area contributed by atoms with Crippen LogP contribution in [0.2, 0.25) is 5.02 Å². The first-order valence-corrected chi connectivity index (χ1v) is 11.5. The van der Waals surface area contributed by atoms with Gasteiger partial charge in [0.2, 0.25) is 0 Å². The average molecular weight is 467 g/mol. The summed E-state index contributed by atoms with van der Waals surface area (Å²) in [4.78, 5) is 30.1. The Morgan fingerprint density at radius 2 is 1.76 bits per heavy atom. The van der Waals surface area contributed by atoms with Gasteiger partial charge in [-0.05, 0) is 35.8 Å². The topological polar surface area (TPSA) is 70.1 Å². The van der Waals surface area contributed by atoms with Gasteiger partial charge in [0, 0.05) is 31.2 Å². The number of hydrogen-bond acceptors (Lipinski definition) is 5. The van der Waals surface area contributed by atoms with Crippen LogP contribution in [0.5, 0.6) is 0 Å². The second-order valence-corrected chi connectivity index (χ2v) is 8.57. The highest BCUT2D eigenvalue weighted by Gasteiger charge is 2.42. The third-order valence-electron chi connectivity index (χ3n) is 5.96. The van der Waals surface area contributed by atoms with Crippen LogP contribution in [0.4, 0.5) is 0 Å². The van der Waals surface area contributed by atoms with Gasteiger partial charge in [-0.25, -0.2) is 0 Å². The van der Waals surface area contributed by atoms with Crippen molar-refractivity contribution < 1.29 is 19.4 Å². The number of ether oxygens (including phenoxy) is 1. The molecule has 2 aliphatic heterocycles. The first-order valence-electron chi connectivity index (χ1n) is 11.1. The molecule has 1 fully saturated rings. The van der Waals surface area contributed by atoms with Crippen LogP contribution in [0.25, 0.3) is 6.08 Å². The van der Waals surface area contributed by atoms with E-state index in [0.717, 1.165) is 37.2 Å². The Bertz CT molecular complexity index is 1040. The zero-order valence-corrected chi connectivity index (χ0v) is 19.1. The average Bonchev–Trinajstić information content (AvgIpc) is 3.09. The van der Waals surface area contributed by atoms with Gasteiger partial charge in [0.1, 0.15) is 0 Å². The van der Waals surface area contributed by atoms with Crippen LogP contribution in [-0.2, 0) is 14.3 Å². The van der Waals surface area contributed by atoms with Crippen molar-refractivity contribution in [3.8, 4) is 0 Å². The van der Waals surface area contributed by atoms with E-state index < -0.39 is 17.7 Å². The van der Waals surface area contributed by atoms with Crippen molar-refractivity contribution in [3.05, 3.63) is 88.2 Å². The molecule has 0 aromatic heterocycles. The number of aliphatic hydroxyl groups excluding tert-OH is 1. The van der Waals surface area contributed by atoms with Crippen molar-refractivity contribution in [2.45, 2.75) is 12.5 Å². The van der Waals surface area contributed by atoms with Crippen molar-refractivity contribution in [1.82, 2.24) is 9.80 Å². The Kier molecular flexibility index (Phi) is 7.60. The summed E-state index contributed by atoms with van der Waals surface area (Å²) < 4.78 is 5.39. The molecule has 2 heterocycles. The van der Waals surface area contributed by atoms with Crippen molar-refractivity contribution in [2.24, 2.45) is 0 Å². The first kappa shape index (κ1) is 23.2. The molecular formula is C26H27ClN2O4. The lowest BCUT2D eigenvalue weighted by molar-refractivity contribution is -0.129. The Morgan fingerprint density at radius 1 is 1.06 bits per heavy atom. The van der Waals surface area contributed by atoms with E-state index in [1.165, 1.54) is 6.08 Å². The molecule has 0 radical (unpaired) electrons. The molecule has 172 valence electrons. The number of carbonyl (C=O) groups is 2. The molecular weight excluding hydrogens is 440 g/mol. The molecule has 1 amide bonds. The smallest absolute Gasteiger partial charge is 0.290 e. The summed E-state index contributed by atoms with van der Waals surface area (Å²) in [6, 6.07) is 15.8. The van der Waals surface area contributed by atoms with E-state index in [1.807, 2.05) is 30.3 Å². The molecule has 0 bridgehead atoms. The van der Waals surface area contributed by atoms with Gasteiger partial charge < -0.3 is 14.7 Å². The van der Waals surface area contributed by atoms with Gasteiger partial charge in [0.15, 0.2) is 11.5 Å². The van der Waals surface area contributed by atoms with E-state index >= 15 is 0 Å². The Morgan fingerprint density at radius 3 is 2.45 bits per heavy atom. The van der Waals surface area contributed by atoms with E-state index in [9.17, 15) is 14.7 Å². The fourth-order valence-corrected chi connectivity index (χ4v) is 4.37. The molecule has 0 saturated carbocycles. The Hall–Kier alpha value is -2.93. The number of nitrogens with zero attached hydrogens (tertiary/aromatic N) is 2. The second-order valence-electron chi connectivity index (χ2n) is 8.13. The standard InChI is InChI=1S/C26H27ClN2O4/c27-21-10-8-20(9-11-21)24-23(22(30)12-7-19-5-2-1-3-6-19)25(31)26(32)29(24)14-4-13-28-15-17-33-18-16-28/h1-3,5-12,24,31H,4,13-18H2/b12-7+/t24-/m0/s1. The van der Waals surface area contributed by atoms with Crippen molar-refractivity contribution in [1.29, 1.82) is 0 Å². The maximum absolute atomic E-state index is 13.2. The fourth-order valence-electron chi connectivity index (χ4n) is 4.24. The summed E-state index contributed by atoms with van der Waals surface area (Å²) in [5.74, 6) is -1.39. The lowest BCUT2D eigenvalue weighted by Gasteiger charge is -2.30. The Balaban J connectivity index is 1.56. The molecule has 2 aromatic rings. The SMILES string of the molecule is O=C(/C=C/c1ccccc1)C1=C(O)C(=O)N(CCCN2CCOCC2)[C@H]1c1ccc(Cl)cc1. The van der Waals surface area contributed by atoms with Crippen LogP contribution in [-0.4, -0.2) is 66.0 Å². The number of ketones is 1. The van der Waals surface area contributed by atoms with Crippen LogP contribution in [0.3, 0.4) is 0 Å². The molecule has 0 aliphatic carbocycles. The second kappa shape index (κ2) is 10.8. The normalized spacial score (nSPS) is 19.6. The van der Waals surface area contributed by atoms with Crippen LogP contribution in [0.15, 0.2) is 72.0 Å². The number of hydrogen-bond donors (Lipinski definition) is 1. The zero-order valence-electron chi connectivity index (χ0n) is 18.3. The highest BCUT2D eigenvalue weighted by molar-refractivity contribution is 6.30. The van der Waals surface area contributed by atoms with Crippen molar-refractivity contribution in [3.63, 3.8) is 0 Å². The summed E-state index contributed by atoms with van der Waals surface area (Å²) >= 11 is 6.06. The number of rotatable bonds is 8. The van der Waals surface area contributed by atoms with E-state index in [1.54, 1.807) is 35.2 Å². The third-order valence-corrected chi connectivity index (χ3v) is 6.21. The highest BCUT2D eigenvalue weighted by atomic mass is 35.5. The fraction of sp³-hybridized carbons (Fsp3) is 0.308. The van der Waals surface area contributed by atoms with E-state index in [0.29, 0.717) is 24.8 Å². The van der Waals surface area contributed by atoms with Crippen LogP contribution in [0.1, 0.15) is 23.6 Å². The number of amides is 1. The number of benzene rings is 2. The molecule has 2 aromatic carbocycles. The van der Waals surface area contributed by atoms with Gasteiger partial charge >= 0.3 is 0 Å².